The zero-order valence-electron chi connectivity index (χ0n) is 26.0. The van der Waals surface area contributed by atoms with Crippen LogP contribution in [0.2, 0.25) is 0 Å². The zero-order chi connectivity index (χ0) is 31.9. The predicted octanol–water partition coefficient (Wildman–Crippen LogP) is 10.1. The molecule has 6 aromatic carbocycles. The van der Waals surface area contributed by atoms with E-state index in [4.69, 9.17) is 15.0 Å². The highest BCUT2D eigenvalue weighted by Gasteiger charge is 2.20. The molecule has 0 saturated carbocycles. The van der Waals surface area contributed by atoms with Gasteiger partial charge in [0.15, 0.2) is 17.5 Å². The third-order valence-electron chi connectivity index (χ3n) is 8.58. The molecule has 0 aliphatic rings. The molecule has 0 atom stereocenters. The number of aromatic nitrogens is 4. The minimum absolute atomic E-state index is 0.570. The van der Waals surface area contributed by atoms with Crippen LogP contribution >= 0.6 is 0 Å². The maximum absolute atomic E-state index is 9.65. The van der Waals surface area contributed by atoms with Gasteiger partial charge in [-0.25, -0.2) is 15.0 Å². The van der Waals surface area contributed by atoms with Gasteiger partial charge in [0.1, 0.15) is 0 Å². The number of rotatable bonds is 5. The van der Waals surface area contributed by atoms with E-state index in [9.17, 15) is 5.26 Å². The monoisotopic (exact) mass is 603 g/mol. The van der Waals surface area contributed by atoms with Crippen molar-refractivity contribution in [3.63, 3.8) is 0 Å². The smallest absolute Gasteiger partial charge is 0.166 e. The Morgan fingerprint density at radius 1 is 0.489 bits per heavy atom. The number of aryl methyl sites for hydroxylation is 2. The van der Waals surface area contributed by atoms with Gasteiger partial charge in [-0.3, -0.25) is 0 Å². The first-order valence-corrected chi connectivity index (χ1v) is 15.6. The van der Waals surface area contributed by atoms with Crippen molar-refractivity contribution in [2.75, 3.05) is 0 Å². The molecular formula is C42H29N5. The molecule has 5 nitrogen and oxygen atoms in total. The number of fused-ring (bicyclic) bond motifs is 3. The van der Waals surface area contributed by atoms with Gasteiger partial charge in [0.2, 0.25) is 0 Å². The topological polar surface area (TPSA) is 67.4 Å². The molecule has 0 N–H and O–H groups in total. The lowest BCUT2D eigenvalue weighted by molar-refractivity contribution is 1.06. The summed E-state index contributed by atoms with van der Waals surface area (Å²) in [6.07, 6.45) is 0. The van der Waals surface area contributed by atoms with Gasteiger partial charge >= 0.3 is 0 Å². The first-order valence-electron chi connectivity index (χ1n) is 15.6. The Bertz CT molecular complexity index is 2370. The molecular weight excluding hydrogens is 574 g/mol. The van der Waals surface area contributed by atoms with Gasteiger partial charge in [-0.1, -0.05) is 102 Å². The molecule has 8 aromatic rings. The van der Waals surface area contributed by atoms with Crippen molar-refractivity contribution in [3.8, 4) is 57.0 Å². The average molecular weight is 604 g/mol. The number of nitrogens with zero attached hydrogens (tertiary/aromatic N) is 5. The largest absolute Gasteiger partial charge is 0.309 e. The highest BCUT2D eigenvalue weighted by Crippen LogP contribution is 2.39. The first-order chi connectivity index (χ1) is 23.1. The summed E-state index contributed by atoms with van der Waals surface area (Å²) in [6.45, 7) is 4.27. The van der Waals surface area contributed by atoms with E-state index < -0.39 is 0 Å². The Labute approximate surface area is 273 Å². The van der Waals surface area contributed by atoms with Crippen LogP contribution in [-0.4, -0.2) is 19.5 Å². The van der Waals surface area contributed by atoms with Crippen LogP contribution in [0.4, 0.5) is 0 Å². The third kappa shape index (κ3) is 5.12. The van der Waals surface area contributed by atoms with Gasteiger partial charge in [0.25, 0.3) is 0 Å². The summed E-state index contributed by atoms with van der Waals surface area (Å²) in [5.41, 5.74) is 10.8. The highest BCUT2D eigenvalue weighted by molar-refractivity contribution is 6.10. The highest BCUT2D eigenvalue weighted by atomic mass is 15.1. The van der Waals surface area contributed by atoms with Crippen LogP contribution in [0.5, 0.6) is 0 Å². The molecule has 2 aromatic heterocycles. The summed E-state index contributed by atoms with van der Waals surface area (Å²) in [5.74, 6) is 1.77. The Morgan fingerprint density at radius 3 is 1.60 bits per heavy atom. The molecule has 0 spiro atoms. The molecule has 2 heterocycles. The van der Waals surface area contributed by atoms with Gasteiger partial charge in [0, 0.05) is 27.5 Å². The SMILES string of the molecule is Cc1ccc2c(c1)c1cc(C)ccc1n2-c1ccc(-c2cccc(C#N)c2)cc1-c1nc(-c2ccccc2)nc(-c2ccccc2)n1. The van der Waals surface area contributed by atoms with Crippen molar-refractivity contribution in [1.29, 1.82) is 5.26 Å². The molecule has 8 rings (SSSR count). The maximum Gasteiger partial charge on any atom is 0.166 e. The zero-order valence-corrected chi connectivity index (χ0v) is 26.0. The van der Waals surface area contributed by atoms with Gasteiger partial charge in [-0.2, -0.15) is 5.26 Å². The Morgan fingerprint density at radius 2 is 1.02 bits per heavy atom. The maximum atomic E-state index is 9.65. The fourth-order valence-electron chi connectivity index (χ4n) is 6.30. The summed E-state index contributed by atoms with van der Waals surface area (Å²) < 4.78 is 2.32. The van der Waals surface area contributed by atoms with Gasteiger partial charge in [-0.15, -0.1) is 0 Å². The molecule has 222 valence electrons. The second kappa shape index (κ2) is 11.5. The van der Waals surface area contributed by atoms with E-state index in [1.807, 2.05) is 84.9 Å². The van der Waals surface area contributed by atoms with Crippen LogP contribution in [0.25, 0.3) is 72.8 Å². The first kappa shape index (κ1) is 28.1. The van der Waals surface area contributed by atoms with Crippen molar-refractivity contribution < 1.29 is 0 Å². The summed E-state index contributed by atoms with van der Waals surface area (Å²) in [6, 6.07) is 49.7. The lowest BCUT2D eigenvalue weighted by Crippen LogP contribution is -2.04. The van der Waals surface area contributed by atoms with E-state index in [0.717, 1.165) is 44.5 Å². The van der Waals surface area contributed by atoms with E-state index in [1.165, 1.54) is 21.9 Å². The summed E-state index contributed by atoms with van der Waals surface area (Å²) >= 11 is 0. The van der Waals surface area contributed by atoms with E-state index in [1.54, 1.807) is 0 Å². The van der Waals surface area contributed by atoms with Crippen LogP contribution in [0.15, 0.2) is 140 Å². The minimum Gasteiger partial charge on any atom is -0.309 e. The van der Waals surface area contributed by atoms with Crippen LogP contribution in [0.3, 0.4) is 0 Å². The number of hydrogen-bond donors (Lipinski definition) is 0. The fraction of sp³-hybridized carbons (Fsp3) is 0.0476. The van der Waals surface area contributed by atoms with Crippen molar-refractivity contribution in [3.05, 3.63) is 156 Å². The molecule has 0 saturated heterocycles. The van der Waals surface area contributed by atoms with Crippen LogP contribution in [0.1, 0.15) is 16.7 Å². The van der Waals surface area contributed by atoms with Gasteiger partial charge < -0.3 is 4.57 Å². The van der Waals surface area contributed by atoms with Crippen molar-refractivity contribution in [2.24, 2.45) is 0 Å². The van der Waals surface area contributed by atoms with Crippen molar-refractivity contribution >= 4 is 21.8 Å². The Kier molecular flexibility index (Phi) is 6.89. The van der Waals surface area contributed by atoms with Crippen LogP contribution in [0, 0.1) is 25.2 Å². The lowest BCUT2D eigenvalue weighted by atomic mass is 9.99. The molecule has 0 amide bonds. The molecule has 0 aliphatic heterocycles. The van der Waals surface area contributed by atoms with Crippen LogP contribution in [-0.2, 0) is 0 Å². The molecule has 47 heavy (non-hydrogen) atoms. The fourth-order valence-corrected chi connectivity index (χ4v) is 6.30. The quantitative estimate of drug-likeness (QED) is 0.196. The Balaban J connectivity index is 1.46. The standard InChI is InChI=1S/C42H29N5/c1-27-16-19-37-34(22-27)35-23-28(2)17-20-38(35)47(37)39-21-18-33(32-15-9-10-29(24-32)26-43)25-36(39)42-45-40(30-11-5-3-6-12-30)44-41(46-42)31-13-7-4-8-14-31/h3-25H,1-2H3. The van der Waals surface area contributed by atoms with Crippen molar-refractivity contribution in [2.45, 2.75) is 13.8 Å². The van der Waals surface area contributed by atoms with Gasteiger partial charge in [-0.05, 0) is 73.5 Å². The van der Waals surface area contributed by atoms with Gasteiger partial charge in [0.05, 0.1) is 28.4 Å². The number of nitriles is 1. The number of hydrogen-bond acceptors (Lipinski definition) is 4. The summed E-state index contributed by atoms with van der Waals surface area (Å²) in [5, 5.41) is 12.0. The van der Waals surface area contributed by atoms with E-state index in [2.05, 4.69) is 79.1 Å². The number of benzene rings is 6. The van der Waals surface area contributed by atoms with Crippen molar-refractivity contribution in [1.82, 2.24) is 19.5 Å². The van der Waals surface area contributed by atoms with E-state index in [-0.39, 0.29) is 0 Å². The second-order valence-corrected chi connectivity index (χ2v) is 11.8. The van der Waals surface area contributed by atoms with E-state index >= 15 is 0 Å². The van der Waals surface area contributed by atoms with E-state index in [0.29, 0.717) is 23.0 Å². The molecule has 0 aliphatic carbocycles. The molecule has 5 heteroatoms. The molecule has 0 unspecified atom stereocenters. The normalized spacial score (nSPS) is 11.2. The Hall–Kier alpha value is -6.38. The molecule has 0 bridgehead atoms. The summed E-state index contributed by atoms with van der Waals surface area (Å²) in [4.78, 5) is 15.2. The molecule has 0 radical (unpaired) electrons. The van der Waals surface area contributed by atoms with Crippen LogP contribution < -0.4 is 0 Å². The minimum atomic E-state index is 0.570. The lowest BCUT2D eigenvalue weighted by Gasteiger charge is -2.16. The molecule has 0 fully saturated rings. The average Bonchev–Trinajstić information content (AvgIpc) is 3.44. The summed E-state index contributed by atoms with van der Waals surface area (Å²) in [7, 11) is 0. The second-order valence-electron chi connectivity index (χ2n) is 11.8. The predicted molar refractivity (Wildman–Crippen MR) is 190 cm³/mol. The third-order valence-corrected chi connectivity index (χ3v) is 8.58.